The van der Waals surface area contributed by atoms with Crippen LogP contribution in [0.15, 0.2) is 48.5 Å². The van der Waals surface area contributed by atoms with Crippen LogP contribution >= 0.6 is 11.6 Å². The van der Waals surface area contributed by atoms with E-state index < -0.39 is 0 Å². The van der Waals surface area contributed by atoms with Gasteiger partial charge in [0.05, 0.1) is 6.04 Å². The van der Waals surface area contributed by atoms with E-state index in [1.165, 1.54) is 10.4 Å². The van der Waals surface area contributed by atoms with Crippen molar-refractivity contribution < 1.29 is 4.79 Å². The third-order valence-corrected chi connectivity index (χ3v) is 4.53. The third-order valence-electron chi connectivity index (χ3n) is 4.30. The Labute approximate surface area is 163 Å². The molecule has 140 valence electrons. The first kappa shape index (κ1) is 19.0. The molecule has 0 saturated heterocycles. The van der Waals surface area contributed by atoms with Crippen LogP contribution in [0.2, 0.25) is 5.02 Å². The van der Waals surface area contributed by atoms with Gasteiger partial charge in [-0.25, -0.2) is 0 Å². The molecule has 0 aliphatic carbocycles. The van der Waals surface area contributed by atoms with Crippen LogP contribution in [0.1, 0.15) is 43.9 Å². The van der Waals surface area contributed by atoms with E-state index in [-0.39, 0.29) is 18.5 Å². The Hall–Kier alpha value is -2.73. The van der Waals surface area contributed by atoms with E-state index >= 15 is 0 Å². The van der Waals surface area contributed by atoms with Gasteiger partial charge < -0.3 is 5.32 Å². The maximum atomic E-state index is 12.3. The molecule has 0 spiro atoms. The first-order chi connectivity index (χ1) is 12.9. The molecule has 1 aromatic heterocycles. The summed E-state index contributed by atoms with van der Waals surface area (Å²) in [5.41, 5.74) is 3.06. The molecule has 1 N–H and O–H groups in total. The number of hydrogen-bond acceptors (Lipinski definition) is 4. The van der Waals surface area contributed by atoms with E-state index in [1.807, 2.05) is 37.3 Å². The number of rotatable bonds is 6. The Bertz CT molecular complexity index is 920. The Kier molecular flexibility index (Phi) is 5.86. The van der Waals surface area contributed by atoms with Gasteiger partial charge in [-0.1, -0.05) is 61.8 Å². The molecule has 1 amide bonds. The number of benzene rings is 2. The van der Waals surface area contributed by atoms with Crippen molar-refractivity contribution in [3.8, 4) is 11.4 Å². The average molecular weight is 384 g/mol. The summed E-state index contributed by atoms with van der Waals surface area (Å²) in [5, 5.41) is 15.9. The fourth-order valence-corrected chi connectivity index (χ4v) is 2.92. The highest BCUT2D eigenvalue weighted by molar-refractivity contribution is 6.30. The van der Waals surface area contributed by atoms with Crippen LogP contribution in [0, 0.1) is 0 Å². The maximum Gasteiger partial charge on any atom is 0.244 e. The Morgan fingerprint density at radius 3 is 2.52 bits per heavy atom. The number of nitrogens with one attached hydrogen (secondary N) is 1. The fraction of sp³-hybridized carbons (Fsp3) is 0.300. The molecule has 0 aliphatic rings. The first-order valence-corrected chi connectivity index (χ1v) is 9.23. The number of halogens is 1. The van der Waals surface area contributed by atoms with Gasteiger partial charge in [-0.05, 0) is 41.3 Å². The number of carbonyl (C=O) groups excluding carboxylic acids is 1. The van der Waals surface area contributed by atoms with E-state index in [2.05, 4.69) is 46.7 Å². The van der Waals surface area contributed by atoms with Crippen molar-refractivity contribution in [3.05, 3.63) is 64.7 Å². The third kappa shape index (κ3) is 4.92. The topological polar surface area (TPSA) is 72.7 Å². The van der Waals surface area contributed by atoms with Crippen molar-refractivity contribution in [2.45, 2.75) is 39.3 Å². The molecule has 27 heavy (non-hydrogen) atoms. The lowest BCUT2D eigenvalue weighted by molar-refractivity contribution is -0.122. The van der Waals surface area contributed by atoms with E-state index in [4.69, 9.17) is 11.6 Å². The van der Waals surface area contributed by atoms with Crippen LogP contribution in [0.4, 0.5) is 0 Å². The van der Waals surface area contributed by atoms with Crippen LogP contribution in [0.25, 0.3) is 11.4 Å². The normalized spacial score (nSPS) is 12.2. The summed E-state index contributed by atoms with van der Waals surface area (Å²) in [6, 6.07) is 15.3. The highest BCUT2D eigenvalue weighted by atomic mass is 35.5. The van der Waals surface area contributed by atoms with Crippen LogP contribution in [-0.2, 0) is 11.3 Å². The lowest BCUT2D eigenvalue weighted by Gasteiger charge is -2.14. The van der Waals surface area contributed by atoms with Gasteiger partial charge in [0, 0.05) is 10.6 Å². The molecule has 2 aromatic carbocycles. The number of carbonyl (C=O) groups is 1. The summed E-state index contributed by atoms with van der Waals surface area (Å²) in [6.45, 7) is 6.20. The lowest BCUT2D eigenvalue weighted by Crippen LogP contribution is -2.30. The predicted octanol–water partition coefficient (Wildman–Crippen LogP) is 3.99. The molecule has 0 unspecified atom stereocenters. The van der Waals surface area contributed by atoms with E-state index in [0.717, 1.165) is 11.1 Å². The zero-order valence-corrected chi connectivity index (χ0v) is 16.3. The highest BCUT2D eigenvalue weighted by Gasteiger charge is 2.13. The summed E-state index contributed by atoms with van der Waals surface area (Å²) < 4.78 is 0. The number of hydrogen-bond donors (Lipinski definition) is 1. The minimum atomic E-state index is -0.193. The van der Waals surface area contributed by atoms with E-state index in [1.54, 1.807) is 6.07 Å². The van der Waals surface area contributed by atoms with Gasteiger partial charge in [0.15, 0.2) is 0 Å². The Morgan fingerprint density at radius 1 is 1.11 bits per heavy atom. The average Bonchev–Trinajstić information content (AvgIpc) is 3.10. The van der Waals surface area contributed by atoms with Crippen molar-refractivity contribution in [1.82, 2.24) is 25.5 Å². The van der Waals surface area contributed by atoms with Crippen LogP contribution < -0.4 is 5.32 Å². The number of amides is 1. The van der Waals surface area contributed by atoms with Gasteiger partial charge in [0.1, 0.15) is 6.54 Å². The number of aromatic nitrogens is 4. The lowest BCUT2D eigenvalue weighted by atomic mass is 10.0. The van der Waals surface area contributed by atoms with Gasteiger partial charge in [-0.2, -0.15) is 4.80 Å². The molecule has 0 saturated carbocycles. The molecule has 1 heterocycles. The molecular formula is C20H22ClN5O. The van der Waals surface area contributed by atoms with Crippen molar-refractivity contribution in [2.24, 2.45) is 0 Å². The molecule has 0 aliphatic heterocycles. The number of tetrazole rings is 1. The fourth-order valence-electron chi connectivity index (χ4n) is 2.72. The molecule has 1 atom stereocenters. The minimum Gasteiger partial charge on any atom is -0.348 e. The quantitative estimate of drug-likeness (QED) is 0.698. The van der Waals surface area contributed by atoms with Crippen LogP contribution in [-0.4, -0.2) is 26.1 Å². The van der Waals surface area contributed by atoms with Crippen molar-refractivity contribution in [3.63, 3.8) is 0 Å². The zero-order chi connectivity index (χ0) is 19.4. The Balaban J connectivity index is 1.62. The standard InChI is InChI=1S/C20H22ClN5O/c1-13(2)15-7-9-16(10-8-15)20-23-25-26(24-20)12-19(27)22-14(3)17-5-4-6-18(21)11-17/h4-11,13-14H,12H2,1-3H3,(H,22,27)/t14-/m1/s1. The van der Waals surface area contributed by atoms with Crippen molar-refractivity contribution in [1.29, 1.82) is 0 Å². The second-order valence-electron chi connectivity index (χ2n) is 6.76. The van der Waals surface area contributed by atoms with E-state index in [0.29, 0.717) is 16.8 Å². The molecule has 0 radical (unpaired) electrons. The number of nitrogens with zero attached hydrogens (tertiary/aromatic N) is 4. The van der Waals surface area contributed by atoms with Crippen LogP contribution in [0.3, 0.4) is 0 Å². The van der Waals surface area contributed by atoms with Gasteiger partial charge in [0.2, 0.25) is 11.7 Å². The van der Waals surface area contributed by atoms with Gasteiger partial charge in [-0.3, -0.25) is 4.79 Å². The summed E-state index contributed by atoms with van der Waals surface area (Å²) in [7, 11) is 0. The maximum absolute atomic E-state index is 12.3. The summed E-state index contributed by atoms with van der Waals surface area (Å²) in [6.07, 6.45) is 0. The molecule has 3 rings (SSSR count). The summed E-state index contributed by atoms with van der Waals surface area (Å²) in [4.78, 5) is 13.6. The monoisotopic (exact) mass is 383 g/mol. The Morgan fingerprint density at radius 2 is 1.85 bits per heavy atom. The van der Waals surface area contributed by atoms with Gasteiger partial charge >= 0.3 is 0 Å². The SMILES string of the molecule is CC(C)c1ccc(-c2nnn(CC(=O)N[C@H](C)c3cccc(Cl)c3)n2)cc1. The second-order valence-corrected chi connectivity index (χ2v) is 7.20. The predicted molar refractivity (Wildman–Crippen MR) is 105 cm³/mol. The largest absolute Gasteiger partial charge is 0.348 e. The van der Waals surface area contributed by atoms with Gasteiger partial charge in [-0.15, -0.1) is 10.2 Å². The molecule has 0 fully saturated rings. The summed E-state index contributed by atoms with van der Waals surface area (Å²) >= 11 is 6.00. The molecule has 7 heteroatoms. The molecular weight excluding hydrogens is 362 g/mol. The van der Waals surface area contributed by atoms with Crippen LogP contribution in [0.5, 0.6) is 0 Å². The highest BCUT2D eigenvalue weighted by Crippen LogP contribution is 2.20. The van der Waals surface area contributed by atoms with Crippen molar-refractivity contribution in [2.75, 3.05) is 0 Å². The summed E-state index contributed by atoms with van der Waals surface area (Å²) in [5.74, 6) is 0.774. The minimum absolute atomic E-state index is 0.00197. The molecule has 6 nitrogen and oxygen atoms in total. The zero-order valence-electron chi connectivity index (χ0n) is 15.6. The van der Waals surface area contributed by atoms with E-state index in [9.17, 15) is 4.79 Å². The second kappa shape index (κ2) is 8.31. The molecule has 3 aromatic rings. The van der Waals surface area contributed by atoms with Gasteiger partial charge in [0.25, 0.3) is 0 Å². The first-order valence-electron chi connectivity index (χ1n) is 8.85. The smallest absolute Gasteiger partial charge is 0.244 e. The van der Waals surface area contributed by atoms with Crippen molar-refractivity contribution >= 4 is 17.5 Å². The molecule has 0 bridgehead atoms.